The van der Waals surface area contributed by atoms with Gasteiger partial charge < -0.3 is 9.84 Å². The third kappa shape index (κ3) is 12.9. The van der Waals surface area contributed by atoms with Gasteiger partial charge in [0.1, 0.15) is 17.2 Å². The Labute approximate surface area is 379 Å². The lowest BCUT2D eigenvalue weighted by molar-refractivity contribution is 0.127. The molecule has 1 fully saturated rings. The topological polar surface area (TPSA) is 68.1 Å². The average Bonchev–Trinajstić information content (AvgIpc) is 3.29. The van der Waals surface area contributed by atoms with E-state index in [-0.39, 0.29) is 10.8 Å². The molecule has 0 aliphatic heterocycles. The highest BCUT2D eigenvalue weighted by Gasteiger charge is 2.45. The minimum absolute atomic E-state index is 0.137. The standard InChI is InChI=1S/C47H43N3O2.2C4H10.C3H8/c1-31-12-14-34(15-13-31)43-48-44(50-45(49-43)42-11-7-9-33-8-5-6-10-41(33)42)35-16-24-39(25-17-35)52-40-26-20-37(21-27-40)47(36-18-22-38(51)23-19-36)29-32(2)28-46(3,4)30-47;2*1-3-4-2;1-3-2/h5-27,32,51H,28-30H2,1-4H3;2*3-4H2,1-2H3;3H2,1-2H3. The van der Waals surface area contributed by atoms with Crippen molar-refractivity contribution in [3.63, 3.8) is 0 Å². The Bertz CT molecular complexity index is 2430. The number of ether oxygens (including phenoxy) is 1. The molecule has 0 radical (unpaired) electrons. The highest BCUT2D eigenvalue weighted by Crippen LogP contribution is 2.54. The molecule has 1 N–H and O–H groups in total. The number of hydrogen-bond acceptors (Lipinski definition) is 5. The molecule has 1 heterocycles. The second kappa shape index (κ2) is 23.0. The van der Waals surface area contributed by atoms with Crippen molar-refractivity contribution in [1.29, 1.82) is 0 Å². The Balaban J connectivity index is 0.000000614. The summed E-state index contributed by atoms with van der Waals surface area (Å²) in [4.78, 5) is 14.9. The first-order valence-electron chi connectivity index (χ1n) is 23.4. The van der Waals surface area contributed by atoms with Crippen LogP contribution in [0.15, 0.2) is 140 Å². The largest absolute Gasteiger partial charge is 0.508 e. The van der Waals surface area contributed by atoms with Gasteiger partial charge in [-0.1, -0.05) is 191 Å². The molecule has 1 aliphatic rings. The molecule has 0 bridgehead atoms. The van der Waals surface area contributed by atoms with E-state index in [4.69, 9.17) is 19.7 Å². The number of unbranched alkanes of at least 4 members (excludes halogenated alkanes) is 2. The fourth-order valence-corrected chi connectivity index (χ4v) is 8.49. The van der Waals surface area contributed by atoms with E-state index in [1.807, 2.05) is 48.5 Å². The molecule has 6 aromatic carbocycles. The molecule has 330 valence electrons. The molecule has 7 aromatic rings. The van der Waals surface area contributed by atoms with Crippen molar-refractivity contribution in [1.82, 2.24) is 15.0 Å². The lowest BCUT2D eigenvalue weighted by atomic mass is 9.55. The molecular weight excluding hydrogens is 771 g/mol. The molecule has 2 atom stereocenters. The zero-order chi connectivity index (χ0) is 45.4. The summed E-state index contributed by atoms with van der Waals surface area (Å²) < 4.78 is 6.39. The Kier molecular flexibility index (Phi) is 17.6. The van der Waals surface area contributed by atoms with Crippen LogP contribution < -0.4 is 4.74 Å². The summed E-state index contributed by atoms with van der Waals surface area (Å²) in [6, 6.07) is 47.2. The summed E-state index contributed by atoms with van der Waals surface area (Å²) in [6.45, 7) is 22.2. The van der Waals surface area contributed by atoms with Gasteiger partial charge in [-0.15, -0.1) is 0 Å². The number of rotatable bonds is 9. The van der Waals surface area contributed by atoms with Gasteiger partial charge in [0.05, 0.1) is 0 Å². The van der Waals surface area contributed by atoms with Crippen LogP contribution in [0.25, 0.3) is 44.9 Å². The van der Waals surface area contributed by atoms with Gasteiger partial charge >= 0.3 is 0 Å². The minimum atomic E-state index is -0.137. The molecule has 1 aliphatic carbocycles. The number of nitrogens with zero attached hydrogens (tertiary/aromatic N) is 3. The van der Waals surface area contributed by atoms with Crippen LogP contribution in [0.1, 0.15) is 130 Å². The van der Waals surface area contributed by atoms with Crippen LogP contribution in [-0.4, -0.2) is 20.1 Å². The minimum Gasteiger partial charge on any atom is -0.508 e. The van der Waals surface area contributed by atoms with Gasteiger partial charge in [0, 0.05) is 22.1 Å². The number of phenols is 1. The van der Waals surface area contributed by atoms with E-state index in [0.717, 1.165) is 51.8 Å². The van der Waals surface area contributed by atoms with Crippen molar-refractivity contribution in [2.45, 2.75) is 126 Å². The molecule has 5 heteroatoms. The van der Waals surface area contributed by atoms with Crippen LogP contribution in [0, 0.1) is 18.3 Å². The number of aryl methyl sites for hydroxylation is 1. The third-order valence-corrected chi connectivity index (χ3v) is 11.5. The monoisotopic (exact) mass is 842 g/mol. The molecule has 63 heavy (non-hydrogen) atoms. The van der Waals surface area contributed by atoms with E-state index >= 15 is 0 Å². The molecule has 8 rings (SSSR count). The molecule has 5 nitrogen and oxygen atoms in total. The predicted molar refractivity (Wildman–Crippen MR) is 268 cm³/mol. The number of aromatic nitrogens is 3. The summed E-state index contributed by atoms with van der Waals surface area (Å²) in [5.41, 5.74) is 6.56. The fraction of sp³-hybridized carbons (Fsp3) is 0.362. The molecule has 1 saturated carbocycles. The number of hydrogen-bond donors (Lipinski definition) is 1. The molecule has 2 unspecified atom stereocenters. The van der Waals surface area contributed by atoms with Crippen LogP contribution in [0.4, 0.5) is 0 Å². The lowest BCUT2D eigenvalue weighted by Gasteiger charge is -2.48. The van der Waals surface area contributed by atoms with Crippen LogP contribution in [0.5, 0.6) is 17.2 Å². The molecular formula is C58H71N3O2. The van der Waals surface area contributed by atoms with Gasteiger partial charge in [-0.3, -0.25) is 0 Å². The molecule has 0 saturated heterocycles. The Morgan fingerprint density at radius 2 is 1.02 bits per heavy atom. The summed E-state index contributed by atoms with van der Waals surface area (Å²) in [5, 5.41) is 12.3. The van der Waals surface area contributed by atoms with Crippen LogP contribution in [0.2, 0.25) is 0 Å². The quantitative estimate of drug-likeness (QED) is 0.157. The van der Waals surface area contributed by atoms with E-state index in [2.05, 4.69) is 160 Å². The van der Waals surface area contributed by atoms with E-state index in [9.17, 15) is 5.11 Å². The molecule has 0 amide bonds. The maximum Gasteiger partial charge on any atom is 0.164 e. The van der Waals surface area contributed by atoms with Gasteiger partial charge in [-0.2, -0.15) is 0 Å². The van der Waals surface area contributed by atoms with E-state index in [1.54, 1.807) is 0 Å². The molecule has 1 aromatic heterocycles. The van der Waals surface area contributed by atoms with Crippen molar-refractivity contribution < 1.29 is 9.84 Å². The number of fused-ring (bicyclic) bond motifs is 1. The first-order valence-corrected chi connectivity index (χ1v) is 23.4. The van der Waals surface area contributed by atoms with Crippen LogP contribution in [-0.2, 0) is 5.41 Å². The first kappa shape index (κ1) is 48.2. The highest BCUT2D eigenvalue weighted by atomic mass is 16.5. The van der Waals surface area contributed by atoms with Gasteiger partial charge in [-0.05, 0) is 108 Å². The maximum atomic E-state index is 10.1. The first-order chi connectivity index (χ1) is 30.4. The van der Waals surface area contributed by atoms with Crippen molar-refractivity contribution in [3.8, 4) is 51.4 Å². The maximum absolute atomic E-state index is 10.1. The number of benzene rings is 6. The summed E-state index contributed by atoms with van der Waals surface area (Å²) in [5.74, 6) is 4.26. The Morgan fingerprint density at radius 3 is 1.54 bits per heavy atom. The van der Waals surface area contributed by atoms with E-state index in [0.29, 0.717) is 29.1 Å². The zero-order valence-corrected chi connectivity index (χ0v) is 39.7. The lowest BCUT2D eigenvalue weighted by Crippen LogP contribution is -2.41. The van der Waals surface area contributed by atoms with E-state index < -0.39 is 0 Å². The van der Waals surface area contributed by atoms with Crippen molar-refractivity contribution in [3.05, 3.63) is 156 Å². The molecule has 0 spiro atoms. The SMILES string of the molecule is CCC.CCCC.CCCC.Cc1ccc(-c2nc(-c3ccc(Oc4ccc(C5(c6ccc(O)cc6)CC(C)CC(C)(C)C5)cc4)cc3)nc(-c3cccc4ccccc34)n2)cc1. The highest BCUT2D eigenvalue weighted by molar-refractivity contribution is 5.95. The third-order valence-electron chi connectivity index (χ3n) is 11.5. The normalized spacial score (nSPS) is 16.3. The van der Waals surface area contributed by atoms with Crippen molar-refractivity contribution in [2.24, 2.45) is 11.3 Å². The smallest absolute Gasteiger partial charge is 0.164 e. The summed E-state index contributed by atoms with van der Waals surface area (Å²) in [6.07, 6.45) is 9.84. The summed E-state index contributed by atoms with van der Waals surface area (Å²) >= 11 is 0. The van der Waals surface area contributed by atoms with Gasteiger partial charge in [0.2, 0.25) is 0 Å². The number of aromatic hydroxyl groups is 1. The predicted octanol–water partition coefficient (Wildman–Crippen LogP) is 17.0. The van der Waals surface area contributed by atoms with Crippen molar-refractivity contribution in [2.75, 3.05) is 0 Å². The Hall–Kier alpha value is -5.81. The summed E-state index contributed by atoms with van der Waals surface area (Å²) in [7, 11) is 0. The van der Waals surface area contributed by atoms with Gasteiger partial charge in [0.25, 0.3) is 0 Å². The zero-order valence-electron chi connectivity index (χ0n) is 39.7. The average molecular weight is 842 g/mol. The van der Waals surface area contributed by atoms with Crippen LogP contribution >= 0.6 is 0 Å². The fourth-order valence-electron chi connectivity index (χ4n) is 8.49. The van der Waals surface area contributed by atoms with Crippen molar-refractivity contribution >= 4 is 10.8 Å². The van der Waals surface area contributed by atoms with Crippen LogP contribution in [0.3, 0.4) is 0 Å². The second-order valence-electron chi connectivity index (χ2n) is 18.0. The van der Waals surface area contributed by atoms with Gasteiger partial charge in [0.15, 0.2) is 17.5 Å². The van der Waals surface area contributed by atoms with E-state index in [1.165, 1.54) is 55.2 Å². The second-order valence-corrected chi connectivity index (χ2v) is 18.0. The number of phenolic OH excluding ortho intramolecular Hbond substituents is 1. The van der Waals surface area contributed by atoms with Gasteiger partial charge in [-0.25, -0.2) is 15.0 Å². The Morgan fingerprint density at radius 1 is 0.556 bits per heavy atom.